The van der Waals surface area contributed by atoms with Crippen molar-refractivity contribution in [1.82, 2.24) is 0 Å². The van der Waals surface area contributed by atoms with Crippen LogP contribution >= 0.6 is 0 Å². The predicted molar refractivity (Wildman–Crippen MR) is 96.9 cm³/mol. The maximum absolute atomic E-state index is 12.6. The molecule has 0 saturated heterocycles. The Hall–Kier alpha value is -2.69. The van der Waals surface area contributed by atoms with Gasteiger partial charge >= 0.3 is 0 Å². The van der Waals surface area contributed by atoms with Gasteiger partial charge in [0.05, 0.1) is 19.4 Å². The maximum atomic E-state index is 12.6. The number of nitrogen functional groups attached to an aromatic ring is 1. The highest BCUT2D eigenvalue weighted by molar-refractivity contribution is 6.06. The van der Waals surface area contributed by atoms with E-state index in [0.717, 1.165) is 18.4 Å². The molecular weight excluding hydrogens is 304 g/mol. The van der Waals surface area contributed by atoms with Crippen LogP contribution in [-0.2, 0) is 0 Å². The molecule has 1 amide bonds. The number of nitrogens with two attached hydrogens (primary N) is 1. The summed E-state index contributed by atoms with van der Waals surface area (Å²) in [6.45, 7) is 4.57. The summed E-state index contributed by atoms with van der Waals surface area (Å²) in [6, 6.07) is 10.6. The third kappa shape index (κ3) is 4.41. The number of benzene rings is 2. The highest BCUT2D eigenvalue weighted by atomic mass is 16.5. The Balaban J connectivity index is 2.25. The molecule has 0 spiro atoms. The van der Waals surface area contributed by atoms with Gasteiger partial charge in [0.15, 0.2) is 0 Å². The zero-order valence-corrected chi connectivity index (χ0v) is 14.4. The van der Waals surface area contributed by atoms with Crippen molar-refractivity contribution >= 4 is 17.3 Å². The van der Waals surface area contributed by atoms with Crippen LogP contribution in [0.2, 0.25) is 0 Å². The van der Waals surface area contributed by atoms with E-state index in [4.69, 9.17) is 15.2 Å². The monoisotopic (exact) mass is 328 g/mol. The second-order valence-electron chi connectivity index (χ2n) is 5.59. The number of hydrogen-bond donors (Lipinski definition) is 2. The summed E-state index contributed by atoms with van der Waals surface area (Å²) in [4.78, 5) is 12.6. The molecule has 3 N–H and O–H groups in total. The van der Waals surface area contributed by atoms with Crippen LogP contribution in [0.4, 0.5) is 11.4 Å². The lowest BCUT2D eigenvalue weighted by Crippen LogP contribution is -2.15. The fraction of sp³-hybridized carbons (Fsp3) is 0.316. The summed E-state index contributed by atoms with van der Waals surface area (Å²) in [6.07, 6.45) is 1.99. The van der Waals surface area contributed by atoms with Gasteiger partial charge in [-0.1, -0.05) is 19.4 Å². The zero-order valence-electron chi connectivity index (χ0n) is 14.4. The number of nitrogens with one attached hydrogen (secondary N) is 1. The van der Waals surface area contributed by atoms with Crippen LogP contribution in [0.15, 0.2) is 36.4 Å². The van der Waals surface area contributed by atoms with Crippen LogP contribution in [0, 0.1) is 6.92 Å². The minimum Gasteiger partial charge on any atom is -0.497 e. The Kier molecular flexibility index (Phi) is 6.07. The highest BCUT2D eigenvalue weighted by Crippen LogP contribution is 2.30. The van der Waals surface area contributed by atoms with Crippen LogP contribution in [0.3, 0.4) is 0 Å². The molecule has 0 aliphatic heterocycles. The molecule has 0 bridgehead atoms. The van der Waals surface area contributed by atoms with E-state index in [1.54, 1.807) is 31.4 Å². The molecule has 0 aliphatic rings. The number of hydrogen-bond acceptors (Lipinski definition) is 4. The Labute approximate surface area is 142 Å². The number of carbonyl (C=O) groups excluding carboxylic acids is 1. The summed E-state index contributed by atoms with van der Waals surface area (Å²) in [5.41, 5.74) is 8.32. The molecular formula is C19H24N2O3. The minimum absolute atomic E-state index is 0.228. The second-order valence-corrected chi connectivity index (χ2v) is 5.59. The highest BCUT2D eigenvalue weighted by Gasteiger charge is 2.13. The number of unbranched alkanes of at least 4 members (excludes halogenated alkanes) is 1. The summed E-state index contributed by atoms with van der Waals surface area (Å²) in [7, 11) is 1.58. The van der Waals surface area contributed by atoms with Crippen molar-refractivity contribution in [2.45, 2.75) is 26.7 Å². The molecule has 0 aliphatic carbocycles. The largest absolute Gasteiger partial charge is 0.497 e. The van der Waals surface area contributed by atoms with Crippen LogP contribution < -0.4 is 20.5 Å². The second kappa shape index (κ2) is 8.24. The third-order valence-electron chi connectivity index (χ3n) is 3.70. The van der Waals surface area contributed by atoms with Gasteiger partial charge in [0.2, 0.25) is 0 Å². The van der Waals surface area contributed by atoms with E-state index in [-0.39, 0.29) is 5.91 Å². The average molecular weight is 328 g/mol. The molecule has 0 radical (unpaired) electrons. The number of carbonyl (C=O) groups is 1. The number of rotatable bonds is 7. The van der Waals surface area contributed by atoms with Gasteiger partial charge in [-0.2, -0.15) is 0 Å². The van der Waals surface area contributed by atoms with Crippen molar-refractivity contribution in [2.75, 3.05) is 24.8 Å². The molecule has 2 aromatic rings. The third-order valence-corrected chi connectivity index (χ3v) is 3.70. The number of methoxy groups -OCH3 is 1. The molecule has 128 valence electrons. The van der Waals surface area contributed by atoms with Gasteiger partial charge in [0.1, 0.15) is 11.5 Å². The number of ether oxygens (including phenoxy) is 2. The smallest absolute Gasteiger partial charge is 0.256 e. The fourth-order valence-corrected chi connectivity index (χ4v) is 2.26. The van der Waals surface area contributed by atoms with Crippen LogP contribution in [0.5, 0.6) is 11.5 Å². The van der Waals surface area contributed by atoms with Crippen LogP contribution in [0.1, 0.15) is 35.7 Å². The first-order valence-corrected chi connectivity index (χ1v) is 8.03. The standard InChI is InChI=1S/C19H24N2O3/c1-4-5-10-24-18-9-8-15(23-3)12-17(18)21-19(22)16-11-14(20)7-6-13(16)2/h6-9,11-12H,4-5,10,20H2,1-3H3,(H,21,22). The Morgan fingerprint density at radius 3 is 2.71 bits per heavy atom. The predicted octanol–water partition coefficient (Wildman–Crippen LogP) is 4.02. The quantitative estimate of drug-likeness (QED) is 0.595. The lowest BCUT2D eigenvalue weighted by atomic mass is 10.1. The Bertz CT molecular complexity index is 714. The van der Waals surface area contributed by atoms with Crippen LogP contribution in [-0.4, -0.2) is 19.6 Å². The first-order valence-electron chi connectivity index (χ1n) is 8.03. The van der Waals surface area contributed by atoms with Gasteiger partial charge in [-0.25, -0.2) is 0 Å². The van der Waals surface area contributed by atoms with Crippen molar-refractivity contribution in [3.63, 3.8) is 0 Å². The van der Waals surface area contributed by atoms with Crippen molar-refractivity contribution in [3.8, 4) is 11.5 Å². The fourth-order valence-electron chi connectivity index (χ4n) is 2.26. The molecule has 2 aromatic carbocycles. The van der Waals surface area contributed by atoms with E-state index < -0.39 is 0 Å². The van der Waals surface area contributed by atoms with Crippen LogP contribution in [0.25, 0.3) is 0 Å². The van der Waals surface area contributed by atoms with Gasteiger partial charge in [-0.15, -0.1) is 0 Å². The molecule has 5 heteroatoms. The molecule has 0 heterocycles. The number of anilines is 2. The maximum Gasteiger partial charge on any atom is 0.256 e. The molecule has 0 saturated carbocycles. The average Bonchev–Trinajstić information content (AvgIpc) is 2.58. The van der Waals surface area contributed by atoms with E-state index in [1.165, 1.54) is 0 Å². The van der Waals surface area contributed by atoms with Gasteiger partial charge < -0.3 is 20.5 Å². The summed E-state index contributed by atoms with van der Waals surface area (Å²) in [5.74, 6) is 1.05. The molecule has 0 fully saturated rings. The number of amides is 1. The summed E-state index contributed by atoms with van der Waals surface area (Å²) in [5, 5.41) is 2.90. The summed E-state index contributed by atoms with van der Waals surface area (Å²) >= 11 is 0. The van der Waals surface area contributed by atoms with E-state index in [9.17, 15) is 4.79 Å². The molecule has 0 atom stereocenters. The van der Waals surface area contributed by atoms with Crippen molar-refractivity contribution < 1.29 is 14.3 Å². The van der Waals surface area contributed by atoms with Crippen molar-refractivity contribution in [2.24, 2.45) is 0 Å². The Morgan fingerprint density at radius 2 is 2.00 bits per heavy atom. The molecule has 2 rings (SSSR count). The lowest BCUT2D eigenvalue weighted by Gasteiger charge is -2.14. The van der Waals surface area contributed by atoms with Crippen molar-refractivity contribution in [1.29, 1.82) is 0 Å². The lowest BCUT2D eigenvalue weighted by molar-refractivity contribution is 0.102. The summed E-state index contributed by atoms with van der Waals surface area (Å²) < 4.78 is 11.0. The van der Waals surface area contributed by atoms with E-state index in [0.29, 0.717) is 35.0 Å². The Morgan fingerprint density at radius 1 is 1.21 bits per heavy atom. The molecule has 0 aromatic heterocycles. The molecule has 5 nitrogen and oxygen atoms in total. The molecule has 24 heavy (non-hydrogen) atoms. The molecule has 0 unspecified atom stereocenters. The van der Waals surface area contributed by atoms with Gasteiger partial charge in [-0.3, -0.25) is 4.79 Å². The number of aryl methyl sites for hydroxylation is 1. The first-order chi connectivity index (χ1) is 11.5. The topological polar surface area (TPSA) is 73.6 Å². The zero-order chi connectivity index (χ0) is 17.5. The SMILES string of the molecule is CCCCOc1ccc(OC)cc1NC(=O)c1cc(N)ccc1C. The van der Waals surface area contributed by atoms with Crippen molar-refractivity contribution in [3.05, 3.63) is 47.5 Å². The first kappa shape index (κ1) is 17.7. The van der Waals surface area contributed by atoms with Gasteiger partial charge in [0, 0.05) is 17.3 Å². The van der Waals surface area contributed by atoms with Gasteiger partial charge in [-0.05, 0) is 43.2 Å². The van der Waals surface area contributed by atoms with E-state index in [2.05, 4.69) is 12.2 Å². The van der Waals surface area contributed by atoms with E-state index in [1.807, 2.05) is 19.1 Å². The van der Waals surface area contributed by atoms with E-state index >= 15 is 0 Å². The normalized spacial score (nSPS) is 10.3. The van der Waals surface area contributed by atoms with Gasteiger partial charge in [0.25, 0.3) is 5.91 Å². The minimum atomic E-state index is -0.228.